The van der Waals surface area contributed by atoms with Crippen LogP contribution in [0.15, 0.2) is 30.3 Å². The first-order valence-corrected chi connectivity index (χ1v) is 6.56. The molecule has 1 aromatic carbocycles. The predicted molar refractivity (Wildman–Crippen MR) is 71.7 cm³/mol. The van der Waals surface area contributed by atoms with Crippen molar-refractivity contribution in [3.63, 3.8) is 0 Å². The van der Waals surface area contributed by atoms with E-state index in [2.05, 4.69) is 5.32 Å². The molecule has 1 atom stereocenters. The maximum atomic E-state index is 12.7. The molecule has 2 N–H and O–H groups in total. The van der Waals surface area contributed by atoms with Gasteiger partial charge in [0.05, 0.1) is 0 Å². The summed E-state index contributed by atoms with van der Waals surface area (Å²) in [6.45, 7) is 1.04. The standard InChI is InChI=1S/C15H20FNO/c16-14-7-3-12(4-8-14)2-1-10-17-15(9-11-18)13-5-6-13/h1-4,7-8,13,15,17-18H,5-6,9-11H2/b2-1+. The van der Waals surface area contributed by atoms with Crippen LogP contribution >= 0.6 is 0 Å². The van der Waals surface area contributed by atoms with E-state index in [0.717, 1.165) is 24.4 Å². The maximum Gasteiger partial charge on any atom is 0.123 e. The normalized spacial score (nSPS) is 17.2. The Labute approximate surface area is 108 Å². The van der Waals surface area contributed by atoms with E-state index < -0.39 is 0 Å². The highest BCUT2D eigenvalue weighted by atomic mass is 19.1. The molecule has 1 unspecified atom stereocenters. The number of halogens is 1. The molecular weight excluding hydrogens is 229 g/mol. The van der Waals surface area contributed by atoms with E-state index in [1.165, 1.54) is 25.0 Å². The minimum absolute atomic E-state index is 0.206. The van der Waals surface area contributed by atoms with Crippen molar-refractivity contribution in [2.24, 2.45) is 5.92 Å². The molecule has 1 fully saturated rings. The van der Waals surface area contributed by atoms with Crippen LogP contribution in [0.25, 0.3) is 6.08 Å². The summed E-state index contributed by atoms with van der Waals surface area (Å²) in [6.07, 6.45) is 7.41. The Morgan fingerprint density at radius 1 is 1.33 bits per heavy atom. The highest BCUT2D eigenvalue weighted by molar-refractivity contribution is 5.48. The SMILES string of the molecule is OCCC(NC/C=C/c1ccc(F)cc1)C1CC1. The van der Waals surface area contributed by atoms with Crippen LogP contribution in [0, 0.1) is 11.7 Å². The fraction of sp³-hybridized carbons (Fsp3) is 0.467. The van der Waals surface area contributed by atoms with E-state index in [1.54, 1.807) is 12.1 Å². The third-order valence-electron chi connectivity index (χ3n) is 3.31. The van der Waals surface area contributed by atoms with Crippen LogP contribution in [-0.4, -0.2) is 24.3 Å². The van der Waals surface area contributed by atoms with E-state index in [1.807, 2.05) is 12.2 Å². The first kappa shape index (κ1) is 13.2. The third kappa shape index (κ3) is 4.24. The number of rotatable bonds is 7. The Morgan fingerprint density at radius 3 is 2.67 bits per heavy atom. The highest BCUT2D eigenvalue weighted by Crippen LogP contribution is 2.33. The Morgan fingerprint density at radius 2 is 2.06 bits per heavy atom. The number of aliphatic hydroxyl groups is 1. The molecule has 1 aliphatic carbocycles. The summed E-state index contributed by atoms with van der Waals surface area (Å²) in [5.74, 6) is 0.540. The summed E-state index contributed by atoms with van der Waals surface area (Å²) in [5.41, 5.74) is 1.00. The van der Waals surface area contributed by atoms with E-state index in [0.29, 0.717) is 6.04 Å². The third-order valence-corrected chi connectivity index (χ3v) is 3.31. The quantitative estimate of drug-likeness (QED) is 0.778. The molecule has 0 aliphatic heterocycles. The largest absolute Gasteiger partial charge is 0.396 e. The van der Waals surface area contributed by atoms with Gasteiger partial charge in [-0.25, -0.2) is 4.39 Å². The van der Waals surface area contributed by atoms with Crippen molar-refractivity contribution in [2.75, 3.05) is 13.2 Å². The fourth-order valence-corrected chi connectivity index (χ4v) is 2.13. The number of aliphatic hydroxyl groups excluding tert-OH is 1. The molecule has 98 valence electrons. The zero-order chi connectivity index (χ0) is 12.8. The molecule has 0 radical (unpaired) electrons. The lowest BCUT2D eigenvalue weighted by molar-refractivity contribution is 0.258. The smallest absolute Gasteiger partial charge is 0.123 e. The Bertz CT molecular complexity index is 384. The van der Waals surface area contributed by atoms with Crippen molar-refractivity contribution in [1.29, 1.82) is 0 Å². The van der Waals surface area contributed by atoms with Gasteiger partial charge in [0.2, 0.25) is 0 Å². The lowest BCUT2D eigenvalue weighted by Gasteiger charge is -2.15. The van der Waals surface area contributed by atoms with Gasteiger partial charge in [-0.3, -0.25) is 0 Å². The van der Waals surface area contributed by atoms with E-state index in [-0.39, 0.29) is 12.4 Å². The van der Waals surface area contributed by atoms with Gasteiger partial charge in [0.25, 0.3) is 0 Å². The summed E-state index contributed by atoms with van der Waals surface area (Å²) in [6, 6.07) is 6.89. The van der Waals surface area contributed by atoms with Gasteiger partial charge >= 0.3 is 0 Å². The van der Waals surface area contributed by atoms with Crippen LogP contribution in [-0.2, 0) is 0 Å². The van der Waals surface area contributed by atoms with Crippen molar-refractivity contribution >= 4 is 6.08 Å². The molecule has 2 nitrogen and oxygen atoms in total. The molecule has 0 spiro atoms. The second-order valence-corrected chi connectivity index (χ2v) is 4.82. The van der Waals surface area contributed by atoms with Crippen LogP contribution in [0.5, 0.6) is 0 Å². The topological polar surface area (TPSA) is 32.3 Å². The zero-order valence-corrected chi connectivity index (χ0v) is 10.5. The highest BCUT2D eigenvalue weighted by Gasteiger charge is 2.29. The van der Waals surface area contributed by atoms with Gasteiger partial charge in [0.15, 0.2) is 0 Å². The van der Waals surface area contributed by atoms with Crippen molar-refractivity contribution in [1.82, 2.24) is 5.32 Å². The van der Waals surface area contributed by atoms with Gasteiger partial charge < -0.3 is 10.4 Å². The Hall–Kier alpha value is -1.19. The minimum Gasteiger partial charge on any atom is -0.396 e. The van der Waals surface area contributed by atoms with E-state index in [4.69, 9.17) is 5.11 Å². The van der Waals surface area contributed by atoms with Gasteiger partial charge in [-0.1, -0.05) is 24.3 Å². The van der Waals surface area contributed by atoms with Gasteiger partial charge in [0, 0.05) is 19.2 Å². The average molecular weight is 249 g/mol. The van der Waals surface area contributed by atoms with E-state index in [9.17, 15) is 4.39 Å². The maximum absolute atomic E-state index is 12.7. The molecule has 0 amide bonds. The van der Waals surface area contributed by atoms with Crippen LogP contribution < -0.4 is 5.32 Å². The van der Waals surface area contributed by atoms with Crippen LogP contribution in [0.3, 0.4) is 0 Å². The van der Waals surface area contributed by atoms with Crippen LogP contribution in [0.2, 0.25) is 0 Å². The molecule has 0 bridgehead atoms. The average Bonchev–Trinajstić information content (AvgIpc) is 3.19. The summed E-state index contributed by atoms with van der Waals surface area (Å²) in [4.78, 5) is 0. The van der Waals surface area contributed by atoms with E-state index >= 15 is 0 Å². The Balaban J connectivity index is 1.74. The molecule has 18 heavy (non-hydrogen) atoms. The molecule has 1 aromatic rings. The number of hydrogen-bond acceptors (Lipinski definition) is 2. The van der Waals surface area contributed by atoms with Crippen molar-refractivity contribution in [2.45, 2.75) is 25.3 Å². The lowest BCUT2D eigenvalue weighted by atomic mass is 10.1. The van der Waals surface area contributed by atoms with Gasteiger partial charge in [-0.05, 0) is 42.9 Å². The molecule has 0 aromatic heterocycles. The van der Waals surface area contributed by atoms with Crippen LogP contribution in [0.4, 0.5) is 4.39 Å². The Kier molecular flexibility index (Phi) is 4.90. The van der Waals surface area contributed by atoms with Crippen molar-refractivity contribution in [3.8, 4) is 0 Å². The minimum atomic E-state index is -0.206. The predicted octanol–water partition coefficient (Wildman–Crippen LogP) is 2.59. The zero-order valence-electron chi connectivity index (χ0n) is 10.5. The molecule has 1 saturated carbocycles. The van der Waals surface area contributed by atoms with Gasteiger partial charge in [-0.15, -0.1) is 0 Å². The summed E-state index contributed by atoms with van der Waals surface area (Å²) >= 11 is 0. The lowest BCUT2D eigenvalue weighted by Crippen LogP contribution is -2.32. The second kappa shape index (κ2) is 6.66. The molecule has 3 heteroatoms. The van der Waals surface area contributed by atoms with Crippen molar-refractivity contribution in [3.05, 3.63) is 41.7 Å². The molecule has 0 saturated heterocycles. The first-order chi connectivity index (χ1) is 8.79. The van der Waals surface area contributed by atoms with Gasteiger partial charge in [0.1, 0.15) is 5.82 Å². The monoisotopic (exact) mass is 249 g/mol. The summed E-state index contributed by atoms with van der Waals surface area (Å²) < 4.78 is 12.7. The van der Waals surface area contributed by atoms with Crippen molar-refractivity contribution < 1.29 is 9.50 Å². The molecule has 1 aliphatic rings. The second-order valence-electron chi connectivity index (χ2n) is 4.82. The summed E-state index contributed by atoms with van der Waals surface area (Å²) in [7, 11) is 0. The molecule has 2 rings (SSSR count). The fourth-order valence-electron chi connectivity index (χ4n) is 2.13. The molecule has 0 heterocycles. The first-order valence-electron chi connectivity index (χ1n) is 6.56. The number of nitrogens with one attached hydrogen (secondary N) is 1. The van der Waals surface area contributed by atoms with Gasteiger partial charge in [-0.2, -0.15) is 0 Å². The summed E-state index contributed by atoms with van der Waals surface area (Å²) in [5, 5.41) is 12.4. The number of benzene rings is 1. The van der Waals surface area contributed by atoms with Crippen LogP contribution in [0.1, 0.15) is 24.8 Å². The molecular formula is C15H20FNO. The number of hydrogen-bond donors (Lipinski definition) is 2.